The average Bonchev–Trinajstić information content (AvgIpc) is 3.17. The molecule has 1 amide bonds. The SMILES string of the molecule is Cc1ccc(C(C)(C)CN(C)C(=O)C2(n3cccn3)CCNCC2)cc1.Cl. The highest BCUT2D eigenvalue weighted by atomic mass is 35.5. The van der Waals surface area contributed by atoms with Crippen LogP contribution in [0, 0.1) is 6.92 Å². The molecule has 148 valence electrons. The summed E-state index contributed by atoms with van der Waals surface area (Å²) >= 11 is 0. The number of hydrogen-bond acceptors (Lipinski definition) is 3. The van der Waals surface area contributed by atoms with Crippen molar-refractivity contribution < 1.29 is 4.79 Å². The third-order valence-corrected chi connectivity index (χ3v) is 5.58. The van der Waals surface area contributed by atoms with Crippen LogP contribution in [0.2, 0.25) is 0 Å². The molecule has 2 heterocycles. The summed E-state index contributed by atoms with van der Waals surface area (Å²) in [6.45, 7) is 8.83. The van der Waals surface area contributed by atoms with Crippen LogP contribution in [0.15, 0.2) is 42.7 Å². The van der Waals surface area contributed by atoms with E-state index in [1.54, 1.807) is 6.20 Å². The normalized spacial score (nSPS) is 16.4. The van der Waals surface area contributed by atoms with E-state index in [9.17, 15) is 4.79 Å². The molecule has 1 aromatic heterocycles. The Morgan fingerprint density at radius 2 is 1.89 bits per heavy atom. The number of halogens is 1. The molecule has 0 radical (unpaired) electrons. The van der Waals surface area contributed by atoms with Gasteiger partial charge in [0.25, 0.3) is 0 Å². The van der Waals surface area contributed by atoms with Crippen molar-refractivity contribution in [3.8, 4) is 0 Å². The van der Waals surface area contributed by atoms with E-state index in [0.29, 0.717) is 6.54 Å². The molecule has 1 fully saturated rings. The van der Waals surface area contributed by atoms with Crippen LogP contribution in [0.3, 0.4) is 0 Å². The molecule has 0 spiro atoms. The van der Waals surface area contributed by atoms with Crippen LogP contribution in [-0.2, 0) is 15.7 Å². The number of aryl methyl sites for hydroxylation is 1. The Kier molecular flexibility index (Phi) is 6.71. The van der Waals surface area contributed by atoms with Gasteiger partial charge in [0.2, 0.25) is 5.91 Å². The van der Waals surface area contributed by atoms with Crippen molar-refractivity contribution >= 4 is 18.3 Å². The van der Waals surface area contributed by atoms with Gasteiger partial charge in [0, 0.05) is 31.4 Å². The first-order valence-corrected chi connectivity index (χ1v) is 9.39. The summed E-state index contributed by atoms with van der Waals surface area (Å²) in [5.41, 5.74) is 1.81. The maximum absolute atomic E-state index is 13.5. The molecule has 0 unspecified atom stereocenters. The van der Waals surface area contributed by atoms with Gasteiger partial charge in [-0.25, -0.2) is 0 Å². The molecule has 1 saturated heterocycles. The molecule has 0 saturated carbocycles. The minimum absolute atomic E-state index is 0. The Balaban J connectivity index is 0.00000261. The van der Waals surface area contributed by atoms with Crippen LogP contribution < -0.4 is 5.32 Å². The van der Waals surface area contributed by atoms with Crippen molar-refractivity contribution in [1.29, 1.82) is 0 Å². The fourth-order valence-electron chi connectivity index (χ4n) is 4.02. The fourth-order valence-corrected chi connectivity index (χ4v) is 4.02. The number of rotatable bonds is 5. The third kappa shape index (κ3) is 4.36. The zero-order valence-corrected chi connectivity index (χ0v) is 17.6. The van der Waals surface area contributed by atoms with Gasteiger partial charge in [-0.05, 0) is 44.5 Å². The highest BCUT2D eigenvalue weighted by Gasteiger charge is 2.44. The first-order valence-electron chi connectivity index (χ1n) is 9.39. The molecule has 2 aromatic rings. The molecule has 3 rings (SSSR count). The van der Waals surface area contributed by atoms with E-state index in [2.05, 4.69) is 55.5 Å². The predicted molar refractivity (Wildman–Crippen MR) is 111 cm³/mol. The quantitative estimate of drug-likeness (QED) is 0.853. The van der Waals surface area contributed by atoms with Gasteiger partial charge in [0.15, 0.2) is 0 Å². The van der Waals surface area contributed by atoms with E-state index >= 15 is 0 Å². The second-order valence-electron chi connectivity index (χ2n) is 8.14. The topological polar surface area (TPSA) is 50.2 Å². The molecule has 0 bridgehead atoms. The molecule has 1 N–H and O–H groups in total. The number of piperidine rings is 1. The van der Waals surface area contributed by atoms with Gasteiger partial charge >= 0.3 is 0 Å². The highest BCUT2D eigenvalue weighted by Crippen LogP contribution is 2.31. The van der Waals surface area contributed by atoms with Gasteiger partial charge in [0.1, 0.15) is 5.54 Å². The zero-order chi connectivity index (χ0) is 18.8. The lowest BCUT2D eigenvalue weighted by Crippen LogP contribution is -2.56. The van der Waals surface area contributed by atoms with E-state index in [0.717, 1.165) is 25.9 Å². The lowest BCUT2D eigenvalue weighted by atomic mass is 9.82. The molecule has 0 aliphatic carbocycles. The zero-order valence-electron chi connectivity index (χ0n) is 16.7. The second kappa shape index (κ2) is 8.44. The Labute approximate surface area is 168 Å². The minimum atomic E-state index is -0.577. The number of carbonyl (C=O) groups is 1. The van der Waals surface area contributed by atoms with Crippen LogP contribution in [-0.4, -0.2) is 47.3 Å². The maximum atomic E-state index is 13.5. The van der Waals surface area contributed by atoms with Crippen LogP contribution in [0.25, 0.3) is 0 Å². The van der Waals surface area contributed by atoms with E-state index in [1.165, 1.54) is 11.1 Å². The molecule has 6 heteroatoms. The van der Waals surface area contributed by atoms with Crippen molar-refractivity contribution in [2.45, 2.75) is 44.6 Å². The van der Waals surface area contributed by atoms with E-state index < -0.39 is 5.54 Å². The average molecular weight is 391 g/mol. The lowest BCUT2D eigenvalue weighted by Gasteiger charge is -2.41. The van der Waals surface area contributed by atoms with Crippen molar-refractivity contribution in [3.05, 3.63) is 53.9 Å². The number of aromatic nitrogens is 2. The Morgan fingerprint density at radius 3 is 2.44 bits per heavy atom. The largest absolute Gasteiger partial charge is 0.343 e. The maximum Gasteiger partial charge on any atom is 0.250 e. The summed E-state index contributed by atoms with van der Waals surface area (Å²) in [7, 11) is 1.92. The van der Waals surface area contributed by atoms with Crippen molar-refractivity contribution in [2.75, 3.05) is 26.7 Å². The summed E-state index contributed by atoms with van der Waals surface area (Å²) in [5.74, 6) is 0.155. The second-order valence-corrected chi connectivity index (χ2v) is 8.14. The molecular formula is C21H31ClN4O. The van der Waals surface area contributed by atoms with Gasteiger partial charge in [0.05, 0.1) is 0 Å². The first kappa shape index (κ1) is 21.5. The van der Waals surface area contributed by atoms with Crippen LogP contribution in [0.1, 0.15) is 37.8 Å². The number of likely N-dealkylation sites (N-methyl/N-ethyl adjacent to an activating group) is 1. The van der Waals surface area contributed by atoms with E-state index in [-0.39, 0.29) is 23.7 Å². The number of amides is 1. The molecule has 1 aliphatic heterocycles. The summed E-state index contributed by atoms with van der Waals surface area (Å²) in [4.78, 5) is 15.4. The van der Waals surface area contributed by atoms with Gasteiger partial charge < -0.3 is 10.2 Å². The van der Waals surface area contributed by atoms with Crippen molar-refractivity contribution in [3.63, 3.8) is 0 Å². The number of carbonyl (C=O) groups excluding carboxylic acids is 1. The molecule has 1 aromatic carbocycles. The summed E-state index contributed by atoms with van der Waals surface area (Å²) < 4.78 is 1.87. The minimum Gasteiger partial charge on any atom is -0.343 e. The predicted octanol–water partition coefficient (Wildman–Crippen LogP) is 3.13. The molecule has 0 atom stereocenters. The molecular weight excluding hydrogens is 360 g/mol. The summed E-state index contributed by atoms with van der Waals surface area (Å²) in [6, 6.07) is 10.5. The fraction of sp³-hybridized carbons (Fsp3) is 0.524. The van der Waals surface area contributed by atoms with Crippen molar-refractivity contribution in [1.82, 2.24) is 20.0 Å². The molecule has 5 nitrogen and oxygen atoms in total. The Morgan fingerprint density at radius 1 is 1.26 bits per heavy atom. The Hall–Kier alpha value is -1.85. The smallest absolute Gasteiger partial charge is 0.250 e. The van der Waals surface area contributed by atoms with Gasteiger partial charge in [-0.1, -0.05) is 43.7 Å². The molecule has 1 aliphatic rings. The highest BCUT2D eigenvalue weighted by molar-refractivity contribution is 5.85. The lowest BCUT2D eigenvalue weighted by molar-refractivity contribution is -0.142. The number of benzene rings is 1. The van der Waals surface area contributed by atoms with Crippen LogP contribution >= 0.6 is 12.4 Å². The monoisotopic (exact) mass is 390 g/mol. The first-order chi connectivity index (χ1) is 12.3. The third-order valence-electron chi connectivity index (χ3n) is 5.58. The number of hydrogen-bond donors (Lipinski definition) is 1. The van der Waals surface area contributed by atoms with E-state index in [4.69, 9.17) is 0 Å². The van der Waals surface area contributed by atoms with Gasteiger partial charge in [-0.15, -0.1) is 12.4 Å². The molecule has 27 heavy (non-hydrogen) atoms. The number of nitrogens with zero attached hydrogens (tertiary/aromatic N) is 3. The standard InChI is InChI=1S/C21H30N4O.ClH/c1-17-6-8-18(9-7-17)20(2,3)16-24(4)19(26)21(10-13-22-14-11-21)25-15-5-12-23-25;/h5-9,12,15,22H,10-11,13-14,16H2,1-4H3;1H. The van der Waals surface area contributed by atoms with Crippen molar-refractivity contribution in [2.24, 2.45) is 0 Å². The van der Waals surface area contributed by atoms with E-state index in [1.807, 2.05) is 28.9 Å². The van der Waals surface area contributed by atoms with Gasteiger partial charge in [-0.2, -0.15) is 5.10 Å². The number of nitrogens with one attached hydrogen (secondary N) is 1. The van der Waals surface area contributed by atoms with Gasteiger partial charge in [-0.3, -0.25) is 9.48 Å². The summed E-state index contributed by atoms with van der Waals surface area (Å²) in [6.07, 6.45) is 5.21. The van der Waals surface area contributed by atoms with Crippen LogP contribution in [0.5, 0.6) is 0 Å². The summed E-state index contributed by atoms with van der Waals surface area (Å²) in [5, 5.41) is 7.78. The Bertz CT molecular complexity index is 734. The van der Waals surface area contributed by atoms with Crippen LogP contribution in [0.4, 0.5) is 0 Å².